The Kier molecular flexibility index (Phi) is 4.20. The molecule has 3 rings (SSSR count). The molecular weight excluding hydrogens is 301 g/mol. The Morgan fingerprint density at radius 1 is 1.22 bits per heavy atom. The summed E-state index contributed by atoms with van der Waals surface area (Å²) in [4.78, 5) is 5.38. The molecular formula is C16H14FN3O3. The quantitative estimate of drug-likeness (QED) is 0.705. The van der Waals surface area contributed by atoms with Gasteiger partial charge in [0.05, 0.1) is 19.4 Å². The van der Waals surface area contributed by atoms with E-state index in [4.69, 9.17) is 9.57 Å². The van der Waals surface area contributed by atoms with Crippen LogP contribution in [0.2, 0.25) is 0 Å². The van der Waals surface area contributed by atoms with Crippen LogP contribution in [-0.2, 0) is 11.4 Å². The van der Waals surface area contributed by atoms with Crippen LogP contribution in [0.4, 0.5) is 4.39 Å². The van der Waals surface area contributed by atoms with Crippen molar-refractivity contribution in [1.29, 1.82) is 0 Å². The maximum absolute atomic E-state index is 13.7. The molecule has 23 heavy (non-hydrogen) atoms. The lowest BCUT2D eigenvalue weighted by Crippen LogP contribution is -2.12. The molecule has 1 N–H and O–H groups in total. The Morgan fingerprint density at radius 3 is 2.83 bits per heavy atom. The molecule has 0 spiro atoms. The standard InChI is InChI=1S/C16H14FN3O3/c1-10(12-4-6-16(21-2)13(17)8-12)18-22-9-11-3-5-14-15(7-11)20-23-19-14/h3-8,18H,1,9H2,2H3. The van der Waals surface area contributed by atoms with Crippen molar-refractivity contribution in [3.63, 3.8) is 0 Å². The Hall–Kier alpha value is -2.93. The van der Waals surface area contributed by atoms with Crippen molar-refractivity contribution in [1.82, 2.24) is 15.8 Å². The molecule has 0 unspecified atom stereocenters. The third kappa shape index (κ3) is 3.29. The van der Waals surface area contributed by atoms with Gasteiger partial charge < -0.3 is 4.74 Å². The molecule has 2 aromatic carbocycles. The molecule has 0 radical (unpaired) electrons. The van der Waals surface area contributed by atoms with E-state index in [2.05, 4.69) is 27.0 Å². The lowest BCUT2D eigenvalue weighted by molar-refractivity contribution is 0.0648. The summed E-state index contributed by atoms with van der Waals surface area (Å²) in [5, 5.41) is 7.49. The second kappa shape index (κ2) is 6.45. The number of hydrogen-bond acceptors (Lipinski definition) is 6. The molecule has 0 atom stereocenters. The highest BCUT2D eigenvalue weighted by atomic mass is 19.1. The van der Waals surface area contributed by atoms with Crippen LogP contribution in [0.15, 0.2) is 47.6 Å². The van der Waals surface area contributed by atoms with Crippen molar-refractivity contribution in [3.8, 4) is 5.75 Å². The highest BCUT2D eigenvalue weighted by Gasteiger charge is 2.06. The third-order valence-electron chi connectivity index (χ3n) is 3.25. The van der Waals surface area contributed by atoms with Crippen LogP contribution >= 0.6 is 0 Å². The van der Waals surface area contributed by atoms with E-state index in [0.717, 1.165) is 5.56 Å². The van der Waals surface area contributed by atoms with E-state index in [1.165, 1.54) is 19.2 Å². The van der Waals surface area contributed by atoms with Gasteiger partial charge in [-0.2, -0.15) is 0 Å². The van der Waals surface area contributed by atoms with E-state index in [1.807, 2.05) is 12.1 Å². The van der Waals surface area contributed by atoms with Crippen LogP contribution in [0.5, 0.6) is 5.75 Å². The van der Waals surface area contributed by atoms with Crippen LogP contribution in [0.1, 0.15) is 11.1 Å². The molecule has 0 aliphatic carbocycles. The highest BCUT2D eigenvalue weighted by molar-refractivity contribution is 5.73. The number of nitrogens with one attached hydrogen (secondary N) is 1. The average molecular weight is 315 g/mol. The Morgan fingerprint density at radius 2 is 2.04 bits per heavy atom. The summed E-state index contributed by atoms with van der Waals surface area (Å²) >= 11 is 0. The first-order valence-corrected chi connectivity index (χ1v) is 6.79. The predicted molar refractivity (Wildman–Crippen MR) is 81.7 cm³/mol. The van der Waals surface area contributed by atoms with E-state index in [0.29, 0.717) is 22.3 Å². The zero-order chi connectivity index (χ0) is 16.2. The van der Waals surface area contributed by atoms with Crippen LogP contribution in [0.3, 0.4) is 0 Å². The monoisotopic (exact) mass is 315 g/mol. The largest absolute Gasteiger partial charge is 0.494 e. The number of methoxy groups -OCH3 is 1. The van der Waals surface area contributed by atoms with Gasteiger partial charge in [0.2, 0.25) is 0 Å². The number of hydrogen-bond donors (Lipinski definition) is 1. The first-order valence-electron chi connectivity index (χ1n) is 6.79. The van der Waals surface area contributed by atoms with Gasteiger partial charge in [-0.25, -0.2) is 9.02 Å². The van der Waals surface area contributed by atoms with Crippen molar-refractivity contribution in [2.24, 2.45) is 0 Å². The molecule has 0 aliphatic rings. The van der Waals surface area contributed by atoms with Crippen molar-refractivity contribution >= 4 is 16.7 Å². The molecule has 0 fully saturated rings. The zero-order valence-corrected chi connectivity index (χ0v) is 12.4. The van der Waals surface area contributed by atoms with Crippen LogP contribution < -0.4 is 10.2 Å². The molecule has 0 aliphatic heterocycles. The van der Waals surface area contributed by atoms with Gasteiger partial charge in [0.1, 0.15) is 11.0 Å². The fourth-order valence-electron chi connectivity index (χ4n) is 2.04. The first-order chi connectivity index (χ1) is 11.2. The maximum atomic E-state index is 13.7. The molecule has 118 valence electrons. The minimum Gasteiger partial charge on any atom is -0.494 e. The van der Waals surface area contributed by atoms with E-state index in [9.17, 15) is 4.39 Å². The fraction of sp³-hybridized carbons (Fsp3) is 0.125. The van der Waals surface area contributed by atoms with Gasteiger partial charge in [0.25, 0.3) is 0 Å². The van der Waals surface area contributed by atoms with Gasteiger partial charge >= 0.3 is 0 Å². The molecule has 0 saturated heterocycles. The summed E-state index contributed by atoms with van der Waals surface area (Å²) in [5.41, 5.74) is 5.92. The van der Waals surface area contributed by atoms with Gasteiger partial charge in [0.15, 0.2) is 11.6 Å². The predicted octanol–water partition coefficient (Wildman–Crippen LogP) is 3.06. The van der Waals surface area contributed by atoms with Gasteiger partial charge in [-0.1, -0.05) is 12.6 Å². The number of fused-ring (bicyclic) bond motifs is 1. The molecule has 1 aromatic heterocycles. The molecule has 0 saturated carbocycles. The third-order valence-corrected chi connectivity index (χ3v) is 3.25. The van der Waals surface area contributed by atoms with Crippen molar-refractivity contribution in [2.45, 2.75) is 6.61 Å². The van der Waals surface area contributed by atoms with Gasteiger partial charge in [-0.05, 0) is 46.2 Å². The number of aromatic nitrogens is 2. The second-order valence-corrected chi connectivity index (χ2v) is 4.81. The average Bonchev–Trinajstić information content (AvgIpc) is 3.02. The highest BCUT2D eigenvalue weighted by Crippen LogP contribution is 2.20. The van der Waals surface area contributed by atoms with E-state index >= 15 is 0 Å². The Balaban J connectivity index is 1.59. The Labute approximate surface area is 131 Å². The Bertz CT molecular complexity index is 847. The number of halogens is 1. The summed E-state index contributed by atoms with van der Waals surface area (Å²) in [5.74, 6) is -0.283. The van der Waals surface area contributed by atoms with Gasteiger partial charge in [0, 0.05) is 5.56 Å². The zero-order valence-electron chi connectivity index (χ0n) is 12.4. The van der Waals surface area contributed by atoms with Gasteiger partial charge in [-0.15, -0.1) is 0 Å². The summed E-state index contributed by atoms with van der Waals surface area (Å²) in [6.07, 6.45) is 0. The lowest BCUT2D eigenvalue weighted by Gasteiger charge is -2.11. The van der Waals surface area contributed by atoms with Crippen molar-refractivity contribution in [3.05, 3.63) is 59.9 Å². The molecule has 6 nitrogen and oxygen atoms in total. The van der Waals surface area contributed by atoms with Crippen molar-refractivity contribution in [2.75, 3.05) is 7.11 Å². The van der Waals surface area contributed by atoms with Crippen molar-refractivity contribution < 1.29 is 18.6 Å². The summed E-state index contributed by atoms with van der Waals surface area (Å²) in [7, 11) is 1.41. The molecule has 3 aromatic rings. The van der Waals surface area contributed by atoms with Gasteiger partial charge in [-0.3, -0.25) is 10.3 Å². The van der Waals surface area contributed by atoms with E-state index in [1.54, 1.807) is 12.1 Å². The number of nitrogens with zero attached hydrogens (tertiary/aromatic N) is 2. The number of benzene rings is 2. The minimum atomic E-state index is -0.461. The van der Waals surface area contributed by atoms with Crippen LogP contribution in [-0.4, -0.2) is 17.4 Å². The fourth-order valence-corrected chi connectivity index (χ4v) is 2.04. The molecule has 0 amide bonds. The normalized spacial score (nSPS) is 10.7. The maximum Gasteiger partial charge on any atom is 0.165 e. The summed E-state index contributed by atoms with van der Waals surface area (Å²) < 4.78 is 23.2. The van der Waals surface area contributed by atoms with Crippen LogP contribution in [0.25, 0.3) is 16.7 Å². The number of hydroxylamine groups is 1. The number of ether oxygens (including phenoxy) is 1. The smallest absolute Gasteiger partial charge is 0.165 e. The van der Waals surface area contributed by atoms with Crippen LogP contribution in [0, 0.1) is 5.82 Å². The SMILES string of the molecule is C=C(NOCc1ccc2nonc2c1)c1ccc(OC)c(F)c1. The minimum absolute atomic E-state index is 0.178. The summed E-state index contributed by atoms with van der Waals surface area (Å²) in [6, 6.07) is 9.99. The topological polar surface area (TPSA) is 69.4 Å². The second-order valence-electron chi connectivity index (χ2n) is 4.81. The molecule has 1 heterocycles. The molecule has 0 bridgehead atoms. The molecule has 7 heteroatoms. The first kappa shape index (κ1) is 15.0. The van der Waals surface area contributed by atoms with E-state index < -0.39 is 5.82 Å². The summed E-state index contributed by atoms with van der Waals surface area (Å²) in [6.45, 7) is 4.09. The number of rotatable bonds is 6. The lowest BCUT2D eigenvalue weighted by atomic mass is 10.1. The van der Waals surface area contributed by atoms with E-state index in [-0.39, 0.29) is 12.4 Å².